The Morgan fingerprint density at radius 3 is 2.59 bits per heavy atom. The third-order valence-corrected chi connectivity index (χ3v) is 5.07. The molecule has 3 heterocycles. The fourth-order valence-corrected chi connectivity index (χ4v) is 3.51. The molecule has 0 amide bonds. The Hall–Kier alpha value is -2.93. The van der Waals surface area contributed by atoms with Crippen LogP contribution < -0.4 is 0 Å². The largest absolute Gasteiger partial charge is 0.251 e. The molecule has 1 atom stereocenters. The molecule has 0 fully saturated rings. The van der Waals surface area contributed by atoms with Gasteiger partial charge in [-0.1, -0.05) is 13.0 Å². The van der Waals surface area contributed by atoms with Crippen LogP contribution in [0.3, 0.4) is 0 Å². The smallest absolute Gasteiger partial charge is 0.218 e. The molecule has 4 rings (SSSR count). The van der Waals surface area contributed by atoms with Gasteiger partial charge in [-0.25, -0.2) is 18.9 Å². The Kier molecular flexibility index (Phi) is 4.53. The molecule has 0 aliphatic rings. The second-order valence-corrected chi connectivity index (χ2v) is 7.35. The van der Waals surface area contributed by atoms with E-state index in [1.165, 1.54) is 12.1 Å². The first-order chi connectivity index (χ1) is 13.1. The second-order valence-electron chi connectivity index (χ2n) is 6.08. The van der Waals surface area contributed by atoms with Gasteiger partial charge in [-0.05, 0) is 48.9 Å². The molecular formula is C20H17FN4OS. The van der Waals surface area contributed by atoms with E-state index in [1.54, 1.807) is 30.7 Å². The molecule has 0 spiro atoms. The highest BCUT2D eigenvalue weighted by molar-refractivity contribution is 7.84. The van der Waals surface area contributed by atoms with Gasteiger partial charge >= 0.3 is 0 Å². The van der Waals surface area contributed by atoms with Crippen molar-refractivity contribution in [3.05, 3.63) is 66.2 Å². The van der Waals surface area contributed by atoms with E-state index in [0.29, 0.717) is 11.4 Å². The van der Waals surface area contributed by atoms with Crippen LogP contribution in [0, 0.1) is 5.82 Å². The molecule has 5 nitrogen and oxygen atoms in total. The van der Waals surface area contributed by atoms with Gasteiger partial charge in [0.15, 0.2) is 0 Å². The number of pyridine rings is 1. The zero-order chi connectivity index (χ0) is 19.0. The van der Waals surface area contributed by atoms with Crippen molar-refractivity contribution in [3.8, 4) is 22.5 Å². The van der Waals surface area contributed by atoms with E-state index in [0.717, 1.165) is 28.8 Å². The molecule has 0 radical (unpaired) electrons. The quantitative estimate of drug-likeness (QED) is 0.504. The predicted octanol–water partition coefficient (Wildman–Crippen LogP) is 3.90. The summed E-state index contributed by atoms with van der Waals surface area (Å²) in [5, 5.41) is 5.06. The summed E-state index contributed by atoms with van der Waals surface area (Å²) in [5.74, 6) is -0.302. The van der Waals surface area contributed by atoms with Crippen LogP contribution in [0.25, 0.3) is 28.0 Å². The third-order valence-electron chi connectivity index (χ3n) is 4.36. The van der Waals surface area contributed by atoms with Crippen molar-refractivity contribution in [2.45, 2.75) is 18.5 Å². The maximum Gasteiger partial charge on any atom is 0.218 e. The van der Waals surface area contributed by atoms with Gasteiger partial charge in [0, 0.05) is 23.7 Å². The Balaban J connectivity index is 2.05. The molecule has 1 aromatic carbocycles. The number of rotatable bonds is 4. The zero-order valence-corrected chi connectivity index (χ0v) is 15.7. The normalized spacial score (nSPS) is 12.4. The maximum absolute atomic E-state index is 13.4. The molecular weight excluding hydrogens is 363 g/mol. The Morgan fingerprint density at radius 1 is 1.11 bits per heavy atom. The molecule has 3 aromatic heterocycles. The fourth-order valence-electron chi connectivity index (χ4n) is 3.07. The van der Waals surface area contributed by atoms with Gasteiger partial charge in [0.05, 0.1) is 27.6 Å². The van der Waals surface area contributed by atoms with Crippen LogP contribution >= 0.6 is 0 Å². The topological polar surface area (TPSA) is 60.2 Å². The summed E-state index contributed by atoms with van der Waals surface area (Å²) in [6, 6.07) is 14.0. The van der Waals surface area contributed by atoms with Gasteiger partial charge in [-0.2, -0.15) is 5.10 Å². The maximum atomic E-state index is 13.4. The SMILES string of the molecule is CCc1cccc2c(-c3ccnc(S(C)=O)n3)c(-c3ccc(F)cc3)nn12. The van der Waals surface area contributed by atoms with E-state index in [1.807, 2.05) is 22.7 Å². The highest BCUT2D eigenvalue weighted by Crippen LogP contribution is 2.34. The highest BCUT2D eigenvalue weighted by Gasteiger charge is 2.19. The van der Waals surface area contributed by atoms with Crippen molar-refractivity contribution < 1.29 is 8.60 Å². The van der Waals surface area contributed by atoms with Crippen LogP contribution in [0.1, 0.15) is 12.6 Å². The lowest BCUT2D eigenvalue weighted by atomic mass is 10.0. The van der Waals surface area contributed by atoms with Gasteiger partial charge in [-0.3, -0.25) is 4.21 Å². The Morgan fingerprint density at radius 2 is 1.89 bits per heavy atom. The molecule has 0 N–H and O–H groups in total. The second kappa shape index (κ2) is 7.00. The summed E-state index contributed by atoms with van der Waals surface area (Å²) in [6.45, 7) is 2.07. The molecule has 0 saturated heterocycles. The summed E-state index contributed by atoms with van der Waals surface area (Å²) >= 11 is 0. The Bertz CT molecular complexity index is 1150. The molecule has 7 heteroatoms. The first kappa shape index (κ1) is 17.5. The molecule has 0 aliphatic heterocycles. The molecule has 1 unspecified atom stereocenters. The zero-order valence-electron chi connectivity index (χ0n) is 14.9. The van der Waals surface area contributed by atoms with Gasteiger partial charge in [0.1, 0.15) is 11.5 Å². The van der Waals surface area contributed by atoms with Gasteiger partial charge < -0.3 is 0 Å². The van der Waals surface area contributed by atoms with Crippen molar-refractivity contribution in [3.63, 3.8) is 0 Å². The van der Waals surface area contributed by atoms with E-state index in [2.05, 4.69) is 16.9 Å². The minimum atomic E-state index is -1.29. The van der Waals surface area contributed by atoms with Crippen molar-refractivity contribution >= 4 is 16.3 Å². The summed E-state index contributed by atoms with van der Waals surface area (Å²) in [4.78, 5) is 8.57. The van der Waals surface area contributed by atoms with E-state index in [9.17, 15) is 8.60 Å². The number of halogens is 1. The van der Waals surface area contributed by atoms with E-state index < -0.39 is 10.8 Å². The predicted molar refractivity (Wildman–Crippen MR) is 103 cm³/mol. The van der Waals surface area contributed by atoms with Crippen molar-refractivity contribution in [2.24, 2.45) is 0 Å². The fraction of sp³-hybridized carbons (Fsp3) is 0.150. The highest BCUT2D eigenvalue weighted by atomic mass is 32.2. The van der Waals surface area contributed by atoms with Crippen molar-refractivity contribution in [1.29, 1.82) is 0 Å². The summed E-state index contributed by atoms with van der Waals surface area (Å²) in [6.07, 6.45) is 3.96. The lowest BCUT2D eigenvalue weighted by molar-refractivity contribution is 0.628. The number of aryl methyl sites for hydroxylation is 1. The number of nitrogens with zero attached hydrogens (tertiary/aromatic N) is 4. The van der Waals surface area contributed by atoms with Crippen LogP contribution in [0.2, 0.25) is 0 Å². The van der Waals surface area contributed by atoms with Crippen LogP contribution in [-0.4, -0.2) is 30.0 Å². The van der Waals surface area contributed by atoms with E-state index in [-0.39, 0.29) is 11.0 Å². The third kappa shape index (κ3) is 3.14. The number of aromatic nitrogens is 4. The van der Waals surface area contributed by atoms with E-state index >= 15 is 0 Å². The average Bonchev–Trinajstić information content (AvgIpc) is 3.08. The van der Waals surface area contributed by atoms with Gasteiger partial charge in [-0.15, -0.1) is 0 Å². The lowest BCUT2D eigenvalue weighted by Gasteiger charge is -2.05. The van der Waals surface area contributed by atoms with Gasteiger partial charge in [0.2, 0.25) is 5.16 Å². The average molecular weight is 380 g/mol. The van der Waals surface area contributed by atoms with Crippen LogP contribution in [-0.2, 0) is 17.2 Å². The van der Waals surface area contributed by atoms with Crippen LogP contribution in [0.4, 0.5) is 4.39 Å². The molecule has 4 aromatic rings. The first-order valence-electron chi connectivity index (χ1n) is 8.52. The molecule has 27 heavy (non-hydrogen) atoms. The first-order valence-corrected chi connectivity index (χ1v) is 10.1. The van der Waals surface area contributed by atoms with Crippen molar-refractivity contribution in [2.75, 3.05) is 6.26 Å². The minimum absolute atomic E-state index is 0.267. The van der Waals surface area contributed by atoms with Crippen LogP contribution in [0.5, 0.6) is 0 Å². The number of fused-ring (bicyclic) bond motifs is 1. The summed E-state index contributed by atoms with van der Waals surface area (Å²) in [5.41, 5.74) is 4.87. The minimum Gasteiger partial charge on any atom is -0.251 e. The monoisotopic (exact) mass is 380 g/mol. The molecule has 136 valence electrons. The number of benzene rings is 1. The summed E-state index contributed by atoms with van der Waals surface area (Å²) < 4.78 is 27.1. The van der Waals surface area contributed by atoms with E-state index in [4.69, 9.17) is 5.10 Å². The molecule has 0 saturated carbocycles. The summed E-state index contributed by atoms with van der Waals surface area (Å²) in [7, 11) is -1.29. The molecule has 0 bridgehead atoms. The molecule has 0 aliphatic carbocycles. The van der Waals surface area contributed by atoms with Crippen LogP contribution in [0.15, 0.2) is 59.9 Å². The Labute approximate surface area is 158 Å². The number of hydrogen-bond acceptors (Lipinski definition) is 4. The van der Waals surface area contributed by atoms with Crippen molar-refractivity contribution in [1.82, 2.24) is 19.6 Å². The lowest BCUT2D eigenvalue weighted by Crippen LogP contribution is -1.98. The standard InChI is InChI=1S/C20H17FN4OS/c1-3-15-5-4-6-17-18(16-11-12-22-20(23-16)27(2)26)19(24-25(15)17)13-7-9-14(21)10-8-13/h4-12H,3H2,1-2H3. The van der Waals surface area contributed by atoms with Gasteiger partial charge in [0.25, 0.3) is 0 Å². The number of hydrogen-bond donors (Lipinski definition) is 0.